The summed E-state index contributed by atoms with van der Waals surface area (Å²) in [6, 6.07) is 0. The van der Waals surface area contributed by atoms with E-state index in [1.54, 1.807) is 0 Å². The largest absolute Gasteiger partial charge is 0.401 e. The maximum Gasteiger partial charge on any atom is 0.401 e. The van der Waals surface area contributed by atoms with Gasteiger partial charge in [0.2, 0.25) is 0 Å². The molecule has 0 aliphatic carbocycles. The number of hydrogen-bond donors (Lipinski definition) is 2. The van der Waals surface area contributed by atoms with E-state index in [1.165, 1.54) is 4.90 Å². The first-order valence-electron chi connectivity index (χ1n) is 7.83. The van der Waals surface area contributed by atoms with Crippen LogP contribution in [0.5, 0.6) is 0 Å². The van der Waals surface area contributed by atoms with Gasteiger partial charge in [-0.15, -0.1) is 24.0 Å². The third kappa shape index (κ3) is 11.0. The SMILES string of the molecule is CCNC(=NCC1CCN(CC(F)(F)F)C1)NCCOCC.I. The average Bonchev–Trinajstić information content (AvgIpc) is 2.86. The van der Waals surface area contributed by atoms with E-state index in [4.69, 9.17) is 4.74 Å². The number of guanidine groups is 1. The van der Waals surface area contributed by atoms with Crippen LogP contribution in [0.15, 0.2) is 4.99 Å². The Morgan fingerprint density at radius 2 is 2.04 bits per heavy atom. The lowest BCUT2D eigenvalue weighted by molar-refractivity contribution is -0.143. The summed E-state index contributed by atoms with van der Waals surface area (Å²) in [5.74, 6) is 0.876. The molecule has 1 atom stereocenters. The summed E-state index contributed by atoms with van der Waals surface area (Å²) in [5.41, 5.74) is 0. The standard InChI is InChI=1S/C14H27F3N4O.HI/c1-3-18-13(19-6-8-22-4-2)20-9-12-5-7-21(10-12)11-14(15,16)17;/h12H,3-11H2,1-2H3,(H2,18,19,20);1H. The van der Waals surface area contributed by atoms with Crippen molar-refractivity contribution in [3.8, 4) is 0 Å². The zero-order valence-corrected chi connectivity index (χ0v) is 16.1. The Hall–Kier alpha value is -0.290. The van der Waals surface area contributed by atoms with Crippen LogP contribution in [0.3, 0.4) is 0 Å². The fraction of sp³-hybridized carbons (Fsp3) is 0.929. The lowest BCUT2D eigenvalue weighted by Gasteiger charge is -2.17. The Bertz CT molecular complexity index is 342. The molecule has 5 nitrogen and oxygen atoms in total. The molecule has 0 spiro atoms. The zero-order valence-electron chi connectivity index (χ0n) is 13.8. The fourth-order valence-electron chi connectivity index (χ4n) is 2.41. The molecule has 0 radical (unpaired) electrons. The molecule has 0 aromatic carbocycles. The highest BCUT2D eigenvalue weighted by Gasteiger charge is 2.34. The van der Waals surface area contributed by atoms with E-state index in [0.717, 1.165) is 13.0 Å². The fourth-order valence-corrected chi connectivity index (χ4v) is 2.41. The second kappa shape index (κ2) is 12.1. The third-order valence-corrected chi connectivity index (χ3v) is 3.37. The predicted molar refractivity (Wildman–Crippen MR) is 96.5 cm³/mol. The molecule has 1 fully saturated rings. The minimum Gasteiger partial charge on any atom is -0.380 e. The van der Waals surface area contributed by atoms with E-state index < -0.39 is 12.7 Å². The van der Waals surface area contributed by atoms with Crippen LogP contribution in [-0.2, 0) is 4.74 Å². The van der Waals surface area contributed by atoms with E-state index in [1.807, 2.05) is 13.8 Å². The zero-order chi connectivity index (χ0) is 16.4. The Morgan fingerprint density at radius 3 is 2.65 bits per heavy atom. The molecule has 23 heavy (non-hydrogen) atoms. The first-order valence-corrected chi connectivity index (χ1v) is 7.83. The molecule has 1 heterocycles. The van der Waals surface area contributed by atoms with Gasteiger partial charge in [-0.2, -0.15) is 13.2 Å². The number of rotatable bonds is 8. The number of nitrogens with zero attached hydrogens (tertiary/aromatic N) is 2. The number of nitrogens with one attached hydrogen (secondary N) is 2. The van der Waals surface area contributed by atoms with Crippen LogP contribution in [0, 0.1) is 5.92 Å². The molecule has 9 heteroatoms. The summed E-state index contributed by atoms with van der Waals surface area (Å²) < 4.78 is 42.3. The van der Waals surface area contributed by atoms with Gasteiger partial charge in [0.15, 0.2) is 5.96 Å². The average molecular weight is 452 g/mol. The second-order valence-electron chi connectivity index (χ2n) is 5.35. The number of hydrogen-bond acceptors (Lipinski definition) is 3. The van der Waals surface area contributed by atoms with Gasteiger partial charge in [0.25, 0.3) is 0 Å². The molecule has 2 N–H and O–H groups in total. The van der Waals surface area contributed by atoms with Gasteiger partial charge in [-0.3, -0.25) is 9.89 Å². The summed E-state index contributed by atoms with van der Waals surface area (Å²) in [6.45, 7) is 7.26. The predicted octanol–water partition coefficient (Wildman–Crippen LogP) is 2.08. The van der Waals surface area contributed by atoms with Crippen molar-refractivity contribution in [3.05, 3.63) is 0 Å². The Morgan fingerprint density at radius 1 is 1.30 bits per heavy atom. The molecule has 138 valence electrons. The highest BCUT2D eigenvalue weighted by molar-refractivity contribution is 14.0. The molecular weight excluding hydrogens is 424 g/mol. The molecule has 1 aliphatic heterocycles. The van der Waals surface area contributed by atoms with Crippen molar-refractivity contribution in [2.24, 2.45) is 10.9 Å². The van der Waals surface area contributed by atoms with Crippen LogP contribution in [-0.4, -0.2) is 69.5 Å². The molecule has 0 amide bonds. The van der Waals surface area contributed by atoms with Crippen LogP contribution in [0.25, 0.3) is 0 Å². The molecule has 1 aliphatic rings. The van der Waals surface area contributed by atoms with Crippen molar-refractivity contribution < 1.29 is 17.9 Å². The maximum absolute atomic E-state index is 12.4. The Labute approximate surface area is 153 Å². The molecule has 0 saturated carbocycles. The molecule has 0 aromatic rings. The minimum atomic E-state index is -4.12. The highest BCUT2D eigenvalue weighted by atomic mass is 127. The van der Waals surface area contributed by atoms with Crippen molar-refractivity contribution in [1.29, 1.82) is 0 Å². The number of ether oxygens (including phenoxy) is 1. The normalized spacial score (nSPS) is 19.5. The van der Waals surface area contributed by atoms with Gasteiger partial charge in [0, 0.05) is 32.8 Å². The second-order valence-corrected chi connectivity index (χ2v) is 5.35. The van der Waals surface area contributed by atoms with Gasteiger partial charge < -0.3 is 15.4 Å². The van der Waals surface area contributed by atoms with Crippen LogP contribution in [0.4, 0.5) is 13.2 Å². The smallest absolute Gasteiger partial charge is 0.380 e. The summed E-state index contributed by atoms with van der Waals surface area (Å²) >= 11 is 0. The summed E-state index contributed by atoms with van der Waals surface area (Å²) in [6.07, 6.45) is -3.36. The van der Waals surface area contributed by atoms with Crippen LogP contribution in [0.2, 0.25) is 0 Å². The minimum absolute atomic E-state index is 0. The molecule has 1 rings (SSSR count). The van der Waals surface area contributed by atoms with Crippen molar-refractivity contribution in [3.63, 3.8) is 0 Å². The van der Waals surface area contributed by atoms with Crippen LogP contribution >= 0.6 is 24.0 Å². The van der Waals surface area contributed by atoms with E-state index in [9.17, 15) is 13.2 Å². The number of likely N-dealkylation sites (tertiary alicyclic amines) is 1. The van der Waals surface area contributed by atoms with Gasteiger partial charge >= 0.3 is 6.18 Å². The topological polar surface area (TPSA) is 48.9 Å². The van der Waals surface area contributed by atoms with Gasteiger partial charge in [-0.25, -0.2) is 0 Å². The quantitative estimate of drug-likeness (QED) is 0.256. The highest BCUT2D eigenvalue weighted by Crippen LogP contribution is 2.22. The first-order chi connectivity index (χ1) is 10.4. The summed E-state index contributed by atoms with van der Waals surface area (Å²) in [5, 5.41) is 6.27. The van der Waals surface area contributed by atoms with Crippen molar-refractivity contribution in [2.75, 3.05) is 52.5 Å². The molecule has 0 aromatic heterocycles. The van der Waals surface area contributed by atoms with Gasteiger partial charge in [0.05, 0.1) is 13.2 Å². The van der Waals surface area contributed by atoms with Crippen molar-refractivity contribution in [1.82, 2.24) is 15.5 Å². The molecule has 1 saturated heterocycles. The lowest BCUT2D eigenvalue weighted by atomic mass is 10.1. The number of halogens is 4. The molecule has 1 unspecified atom stereocenters. The summed E-state index contributed by atoms with van der Waals surface area (Å²) in [4.78, 5) is 5.91. The lowest BCUT2D eigenvalue weighted by Crippen LogP contribution is -2.39. The van der Waals surface area contributed by atoms with E-state index in [0.29, 0.717) is 45.4 Å². The number of aliphatic imine (C=N–C) groups is 1. The van der Waals surface area contributed by atoms with Gasteiger partial charge in [-0.05, 0) is 32.7 Å². The first kappa shape index (κ1) is 22.7. The van der Waals surface area contributed by atoms with Crippen molar-refractivity contribution >= 4 is 29.9 Å². The third-order valence-electron chi connectivity index (χ3n) is 3.37. The molecular formula is C14H28F3IN4O. The Kier molecular flexibility index (Phi) is 12.0. The monoisotopic (exact) mass is 452 g/mol. The van der Waals surface area contributed by atoms with Gasteiger partial charge in [0.1, 0.15) is 0 Å². The Balaban J connectivity index is 0.00000484. The van der Waals surface area contributed by atoms with Gasteiger partial charge in [-0.1, -0.05) is 0 Å². The van der Waals surface area contributed by atoms with Crippen LogP contribution < -0.4 is 10.6 Å². The maximum atomic E-state index is 12.4. The molecule has 0 bridgehead atoms. The van der Waals surface area contributed by atoms with E-state index in [2.05, 4.69) is 15.6 Å². The number of alkyl halides is 3. The van der Waals surface area contributed by atoms with E-state index >= 15 is 0 Å². The summed E-state index contributed by atoms with van der Waals surface area (Å²) in [7, 11) is 0. The van der Waals surface area contributed by atoms with Crippen molar-refractivity contribution in [2.45, 2.75) is 26.4 Å². The van der Waals surface area contributed by atoms with E-state index in [-0.39, 0.29) is 29.9 Å². The van der Waals surface area contributed by atoms with Crippen LogP contribution in [0.1, 0.15) is 20.3 Å².